The predicted molar refractivity (Wildman–Crippen MR) is 96.7 cm³/mol. The van der Waals surface area contributed by atoms with Gasteiger partial charge in [-0.05, 0) is 55.5 Å². The second kappa shape index (κ2) is 7.36. The van der Waals surface area contributed by atoms with Crippen LogP contribution in [0.15, 0.2) is 24.3 Å². The minimum absolute atomic E-state index is 0.0677. The number of hydrogen-bond donors (Lipinski definition) is 1. The van der Waals surface area contributed by atoms with Gasteiger partial charge in [0.15, 0.2) is 5.78 Å². The summed E-state index contributed by atoms with van der Waals surface area (Å²) in [6.45, 7) is 0. The summed E-state index contributed by atoms with van der Waals surface area (Å²) < 4.78 is 5.14. The number of thiophene rings is 1. The Morgan fingerprint density at radius 3 is 2.58 bits per heavy atom. The second-order valence-electron chi connectivity index (χ2n) is 5.65. The van der Waals surface area contributed by atoms with Crippen molar-refractivity contribution in [2.45, 2.75) is 25.7 Å². The van der Waals surface area contributed by atoms with Crippen molar-refractivity contribution in [2.75, 3.05) is 18.3 Å². The number of methoxy groups -OCH3 is 1. The van der Waals surface area contributed by atoms with Gasteiger partial charge < -0.3 is 10.1 Å². The van der Waals surface area contributed by atoms with Crippen LogP contribution < -0.4 is 10.1 Å². The molecule has 126 valence electrons. The Bertz CT molecular complexity index is 767. The normalized spacial score (nSPS) is 13.2. The number of ether oxygens (including phenoxy) is 1. The number of anilines is 1. The molecular formula is C18H18ClNO3S. The second-order valence-corrected chi connectivity index (χ2v) is 7.03. The van der Waals surface area contributed by atoms with Crippen LogP contribution in [0.1, 0.15) is 39.2 Å². The van der Waals surface area contributed by atoms with Crippen molar-refractivity contribution in [1.29, 1.82) is 0 Å². The summed E-state index contributed by atoms with van der Waals surface area (Å²) in [4.78, 5) is 26.0. The van der Waals surface area contributed by atoms with E-state index in [9.17, 15) is 9.59 Å². The Hall–Kier alpha value is -1.85. The lowest BCUT2D eigenvalue weighted by Crippen LogP contribution is -2.15. The van der Waals surface area contributed by atoms with Crippen LogP contribution in [-0.4, -0.2) is 24.7 Å². The molecule has 1 heterocycles. The molecule has 4 nitrogen and oxygen atoms in total. The Labute approximate surface area is 149 Å². The van der Waals surface area contributed by atoms with Gasteiger partial charge in [0.25, 0.3) is 0 Å². The van der Waals surface area contributed by atoms with Gasteiger partial charge in [0.1, 0.15) is 16.6 Å². The molecule has 0 radical (unpaired) electrons. The lowest BCUT2D eigenvalue weighted by molar-refractivity contribution is -0.113. The first-order valence-corrected chi connectivity index (χ1v) is 9.18. The highest BCUT2D eigenvalue weighted by atomic mass is 35.5. The minimum Gasteiger partial charge on any atom is -0.497 e. The molecule has 1 aromatic carbocycles. The Morgan fingerprint density at radius 1 is 1.21 bits per heavy atom. The van der Waals surface area contributed by atoms with Gasteiger partial charge in [0.05, 0.1) is 12.7 Å². The number of hydrogen-bond acceptors (Lipinski definition) is 4. The van der Waals surface area contributed by atoms with Crippen LogP contribution in [0.2, 0.25) is 0 Å². The first-order valence-electron chi connectivity index (χ1n) is 7.83. The minimum atomic E-state index is -0.293. The number of carbonyl (C=O) groups is 2. The fourth-order valence-electron chi connectivity index (χ4n) is 2.94. The van der Waals surface area contributed by atoms with E-state index in [2.05, 4.69) is 5.32 Å². The third-order valence-corrected chi connectivity index (χ3v) is 5.57. The molecule has 0 fully saturated rings. The van der Waals surface area contributed by atoms with Crippen molar-refractivity contribution in [3.05, 3.63) is 45.8 Å². The third-order valence-electron chi connectivity index (χ3n) is 4.12. The van der Waals surface area contributed by atoms with Crippen LogP contribution in [0.5, 0.6) is 5.75 Å². The van der Waals surface area contributed by atoms with Crippen LogP contribution in [0.25, 0.3) is 0 Å². The van der Waals surface area contributed by atoms with Crippen LogP contribution in [0.3, 0.4) is 0 Å². The van der Waals surface area contributed by atoms with E-state index >= 15 is 0 Å². The fourth-order valence-corrected chi connectivity index (χ4v) is 4.31. The number of nitrogens with one attached hydrogen (secondary N) is 1. The fraction of sp³-hybridized carbons (Fsp3) is 0.333. The van der Waals surface area contributed by atoms with E-state index in [-0.39, 0.29) is 17.6 Å². The van der Waals surface area contributed by atoms with Crippen molar-refractivity contribution >= 4 is 39.6 Å². The smallest absolute Gasteiger partial charge is 0.239 e. The highest BCUT2D eigenvalue weighted by Gasteiger charge is 2.26. The molecule has 3 rings (SSSR count). The van der Waals surface area contributed by atoms with Crippen molar-refractivity contribution in [1.82, 2.24) is 0 Å². The largest absolute Gasteiger partial charge is 0.497 e. The third kappa shape index (κ3) is 3.32. The van der Waals surface area contributed by atoms with Crippen LogP contribution >= 0.6 is 22.9 Å². The molecule has 6 heteroatoms. The number of alkyl halides is 1. The summed E-state index contributed by atoms with van der Waals surface area (Å²) in [5.41, 5.74) is 2.29. The number of benzene rings is 1. The van der Waals surface area contributed by atoms with Crippen LogP contribution in [-0.2, 0) is 17.6 Å². The number of ketones is 1. The molecule has 1 aliphatic carbocycles. The van der Waals surface area contributed by atoms with Crippen molar-refractivity contribution in [3.8, 4) is 5.75 Å². The quantitative estimate of drug-likeness (QED) is 0.644. The summed E-state index contributed by atoms with van der Waals surface area (Å²) in [5, 5.41) is 3.41. The predicted octanol–water partition coefficient (Wildman–Crippen LogP) is 4.04. The molecule has 1 aromatic heterocycles. The molecule has 0 saturated heterocycles. The maximum atomic E-state index is 13.1. The molecule has 0 saturated carbocycles. The average Bonchev–Trinajstić information content (AvgIpc) is 2.98. The van der Waals surface area contributed by atoms with E-state index in [0.717, 1.165) is 31.2 Å². The maximum Gasteiger partial charge on any atom is 0.239 e. The number of halogens is 1. The molecular weight excluding hydrogens is 346 g/mol. The van der Waals surface area contributed by atoms with Crippen LogP contribution in [0.4, 0.5) is 5.00 Å². The summed E-state index contributed by atoms with van der Waals surface area (Å²) in [6, 6.07) is 7.04. The zero-order valence-corrected chi connectivity index (χ0v) is 14.9. The van der Waals surface area contributed by atoms with Crippen molar-refractivity contribution < 1.29 is 14.3 Å². The van der Waals surface area contributed by atoms with Crippen molar-refractivity contribution in [3.63, 3.8) is 0 Å². The van der Waals surface area contributed by atoms with Crippen molar-refractivity contribution in [2.24, 2.45) is 0 Å². The first-order chi connectivity index (χ1) is 11.6. The topological polar surface area (TPSA) is 55.4 Å². The lowest BCUT2D eigenvalue weighted by Gasteiger charge is -2.12. The number of rotatable bonds is 5. The van der Waals surface area contributed by atoms with E-state index in [1.54, 1.807) is 31.4 Å². The molecule has 0 unspecified atom stereocenters. The van der Waals surface area contributed by atoms with Gasteiger partial charge in [-0.25, -0.2) is 0 Å². The van der Waals surface area contributed by atoms with E-state index in [0.29, 0.717) is 21.9 Å². The average molecular weight is 364 g/mol. The van der Waals surface area contributed by atoms with Gasteiger partial charge in [0.2, 0.25) is 5.91 Å². The standard InChI is InChI=1S/C18H18ClNO3S/c1-23-12-8-6-11(7-9-12)17(22)16-13-4-2-3-5-14(13)24-18(16)20-15(21)10-19/h6-9H,2-5,10H2,1H3,(H,20,21). The Kier molecular flexibility index (Phi) is 5.21. The number of carbonyl (C=O) groups excluding carboxylic acids is 2. The van der Waals surface area contributed by atoms with Gasteiger partial charge >= 0.3 is 0 Å². The summed E-state index contributed by atoms with van der Waals surface area (Å²) >= 11 is 7.10. The molecule has 0 bridgehead atoms. The summed E-state index contributed by atoms with van der Waals surface area (Å²) in [6.07, 6.45) is 4.02. The zero-order chi connectivity index (χ0) is 17.1. The molecule has 24 heavy (non-hydrogen) atoms. The molecule has 0 spiro atoms. The Morgan fingerprint density at radius 2 is 1.92 bits per heavy atom. The van der Waals surface area contributed by atoms with E-state index < -0.39 is 0 Å². The number of amides is 1. The molecule has 1 amide bonds. The zero-order valence-electron chi connectivity index (χ0n) is 13.4. The number of fused-ring (bicyclic) bond motifs is 1. The highest BCUT2D eigenvalue weighted by Crippen LogP contribution is 2.39. The SMILES string of the molecule is COc1ccc(C(=O)c2c(NC(=O)CCl)sc3c2CCCC3)cc1. The first kappa shape index (κ1) is 17.0. The molecule has 0 aliphatic heterocycles. The summed E-state index contributed by atoms with van der Waals surface area (Å²) in [5.74, 6) is 0.217. The molecule has 2 aromatic rings. The van der Waals surface area contributed by atoms with Gasteiger partial charge in [-0.2, -0.15) is 0 Å². The molecule has 0 atom stereocenters. The van der Waals surface area contributed by atoms with E-state index in [1.165, 1.54) is 16.2 Å². The van der Waals surface area contributed by atoms with E-state index in [1.807, 2.05) is 0 Å². The maximum absolute atomic E-state index is 13.1. The van der Waals surface area contributed by atoms with Gasteiger partial charge in [-0.3, -0.25) is 9.59 Å². The summed E-state index contributed by atoms with van der Waals surface area (Å²) in [7, 11) is 1.59. The van der Waals surface area contributed by atoms with Gasteiger partial charge in [-0.1, -0.05) is 0 Å². The molecule has 1 N–H and O–H groups in total. The van der Waals surface area contributed by atoms with Gasteiger partial charge in [0, 0.05) is 10.4 Å². The Balaban J connectivity index is 2.01. The lowest BCUT2D eigenvalue weighted by atomic mass is 9.92. The number of aryl methyl sites for hydroxylation is 1. The van der Waals surface area contributed by atoms with Crippen LogP contribution in [0, 0.1) is 0 Å². The van der Waals surface area contributed by atoms with Gasteiger partial charge in [-0.15, -0.1) is 22.9 Å². The van der Waals surface area contributed by atoms with E-state index in [4.69, 9.17) is 16.3 Å². The highest BCUT2D eigenvalue weighted by molar-refractivity contribution is 7.17. The molecule has 1 aliphatic rings. The monoisotopic (exact) mass is 363 g/mol.